The molecular formula is C52H39F5N2. The standard InChI is InChI=1S/C52H39F5N2/c1-30-6-3-7-31(2)49(30)58-51-42-10-4-8-32-9-5-11-43(48(32)42)52(51)59-50-44(46(33-12-20-37(53)21-13-33)34-14-22-38(54)23-15-34)28-41(57)29-45(50)47(35-16-24-39(55)25-17-35)36-18-26-40(56)27-19-36/h3-29,46-47,51-52,58-59H,1-2H3. The monoisotopic (exact) mass is 786 g/mol. The molecule has 8 aromatic rings. The van der Waals surface area contributed by atoms with E-state index in [1.807, 2.05) is 12.1 Å². The maximum Gasteiger partial charge on any atom is 0.123 e. The molecule has 0 heterocycles. The topological polar surface area (TPSA) is 24.1 Å². The summed E-state index contributed by atoms with van der Waals surface area (Å²) in [6.07, 6.45) is 0. The molecule has 0 amide bonds. The van der Waals surface area contributed by atoms with Gasteiger partial charge in [-0.3, -0.25) is 0 Å². The highest BCUT2D eigenvalue weighted by atomic mass is 19.1. The minimum absolute atomic E-state index is 0.313. The molecule has 2 nitrogen and oxygen atoms in total. The molecule has 1 aliphatic rings. The van der Waals surface area contributed by atoms with Crippen LogP contribution in [0.3, 0.4) is 0 Å². The molecule has 9 rings (SSSR count). The van der Waals surface area contributed by atoms with Crippen LogP contribution in [0.25, 0.3) is 10.8 Å². The van der Waals surface area contributed by atoms with E-state index < -0.39 is 47.0 Å². The van der Waals surface area contributed by atoms with Crippen molar-refractivity contribution in [2.75, 3.05) is 10.6 Å². The zero-order valence-electron chi connectivity index (χ0n) is 32.3. The molecule has 2 atom stereocenters. The van der Waals surface area contributed by atoms with Crippen LogP contribution in [0.4, 0.5) is 33.3 Å². The van der Waals surface area contributed by atoms with Crippen LogP contribution in [0.1, 0.15) is 79.6 Å². The van der Waals surface area contributed by atoms with Gasteiger partial charge in [-0.05, 0) is 141 Å². The molecule has 0 spiro atoms. The Morgan fingerprint density at radius 3 is 1.10 bits per heavy atom. The third-order valence-electron chi connectivity index (χ3n) is 11.7. The van der Waals surface area contributed by atoms with Crippen LogP contribution in [-0.2, 0) is 0 Å². The normalized spacial score (nSPS) is 14.7. The Balaban J connectivity index is 1.34. The van der Waals surface area contributed by atoms with E-state index in [-0.39, 0.29) is 6.04 Å². The van der Waals surface area contributed by atoms with Crippen molar-refractivity contribution < 1.29 is 22.0 Å². The highest BCUT2D eigenvalue weighted by molar-refractivity contribution is 5.93. The summed E-state index contributed by atoms with van der Waals surface area (Å²) in [5, 5.41) is 10.1. The van der Waals surface area contributed by atoms with Gasteiger partial charge in [-0.1, -0.05) is 103 Å². The van der Waals surface area contributed by atoms with Gasteiger partial charge in [0.05, 0.1) is 12.1 Å². The quantitative estimate of drug-likeness (QED) is 0.107. The first kappa shape index (κ1) is 37.8. The third kappa shape index (κ3) is 7.22. The second-order valence-corrected chi connectivity index (χ2v) is 15.3. The summed E-state index contributed by atoms with van der Waals surface area (Å²) >= 11 is 0. The maximum atomic E-state index is 16.7. The van der Waals surface area contributed by atoms with E-state index in [0.717, 1.165) is 38.7 Å². The van der Waals surface area contributed by atoms with Crippen LogP contribution < -0.4 is 10.6 Å². The molecule has 8 aromatic carbocycles. The molecule has 1 aliphatic carbocycles. The predicted molar refractivity (Wildman–Crippen MR) is 226 cm³/mol. The number of hydrogen-bond acceptors (Lipinski definition) is 2. The van der Waals surface area contributed by atoms with Crippen LogP contribution in [0, 0.1) is 42.9 Å². The fourth-order valence-electron chi connectivity index (χ4n) is 8.95. The molecule has 0 radical (unpaired) electrons. The van der Waals surface area contributed by atoms with Gasteiger partial charge in [0.25, 0.3) is 0 Å². The van der Waals surface area contributed by atoms with Gasteiger partial charge >= 0.3 is 0 Å². The van der Waals surface area contributed by atoms with Crippen molar-refractivity contribution in [3.05, 3.63) is 249 Å². The van der Waals surface area contributed by atoms with Gasteiger partial charge in [0.1, 0.15) is 29.1 Å². The van der Waals surface area contributed by atoms with E-state index >= 15 is 4.39 Å². The van der Waals surface area contributed by atoms with E-state index in [4.69, 9.17) is 0 Å². The summed E-state index contributed by atoms with van der Waals surface area (Å²) in [4.78, 5) is 0. The van der Waals surface area contributed by atoms with E-state index in [9.17, 15) is 17.6 Å². The van der Waals surface area contributed by atoms with Gasteiger partial charge in [0, 0.05) is 23.2 Å². The molecule has 59 heavy (non-hydrogen) atoms. The molecule has 0 saturated heterocycles. The largest absolute Gasteiger partial charge is 0.375 e. The first-order chi connectivity index (χ1) is 28.6. The van der Waals surface area contributed by atoms with Crippen LogP contribution in [-0.4, -0.2) is 0 Å². The summed E-state index contributed by atoms with van der Waals surface area (Å²) in [6.45, 7) is 4.14. The molecule has 0 saturated carbocycles. The molecule has 292 valence electrons. The van der Waals surface area contributed by atoms with Crippen LogP contribution >= 0.6 is 0 Å². The van der Waals surface area contributed by atoms with Crippen LogP contribution in [0.15, 0.2) is 164 Å². The SMILES string of the molecule is Cc1cccc(C)c1NC1c2cccc3cccc(c23)C1Nc1c(C(c2ccc(F)cc2)c2ccc(F)cc2)cc(F)cc1C(c1ccc(F)cc1)c1ccc(F)cc1. The van der Waals surface area contributed by atoms with Crippen molar-refractivity contribution in [1.29, 1.82) is 0 Å². The Labute approximate surface area is 340 Å². The molecule has 2 unspecified atom stereocenters. The lowest BCUT2D eigenvalue weighted by Crippen LogP contribution is -2.25. The zero-order chi connectivity index (χ0) is 40.8. The summed E-state index contributed by atoms with van der Waals surface area (Å²) in [5.74, 6) is -3.71. The summed E-state index contributed by atoms with van der Waals surface area (Å²) in [6, 6.07) is 45.0. The Kier molecular flexibility index (Phi) is 9.97. The molecule has 7 heteroatoms. The number of anilines is 2. The molecule has 2 N–H and O–H groups in total. The lowest BCUT2D eigenvalue weighted by atomic mass is 9.78. The molecule has 0 fully saturated rings. The van der Waals surface area contributed by atoms with E-state index in [1.165, 1.54) is 60.7 Å². The summed E-state index contributed by atoms with van der Waals surface area (Å²) in [7, 11) is 0. The molecule has 0 aromatic heterocycles. The van der Waals surface area contributed by atoms with Gasteiger partial charge < -0.3 is 10.6 Å². The molecule has 0 aliphatic heterocycles. The minimum Gasteiger partial charge on any atom is -0.375 e. The van der Waals surface area contributed by atoms with Gasteiger partial charge in [0.2, 0.25) is 0 Å². The van der Waals surface area contributed by atoms with Crippen molar-refractivity contribution in [2.45, 2.75) is 37.8 Å². The predicted octanol–water partition coefficient (Wildman–Crippen LogP) is 13.8. The lowest BCUT2D eigenvalue weighted by molar-refractivity contribution is 0.617. The van der Waals surface area contributed by atoms with Gasteiger partial charge in [-0.25, -0.2) is 22.0 Å². The third-order valence-corrected chi connectivity index (χ3v) is 11.7. The van der Waals surface area contributed by atoms with Gasteiger partial charge in [-0.15, -0.1) is 0 Å². The fraction of sp³-hybridized carbons (Fsp3) is 0.115. The zero-order valence-corrected chi connectivity index (χ0v) is 32.3. The number of aryl methyl sites for hydroxylation is 2. The van der Waals surface area contributed by atoms with Gasteiger partial charge in [0.15, 0.2) is 0 Å². The highest BCUT2D eigenvalue weighted by Gasteiger charge is 2.37. The van der Waals surface area contributed by atoms with Crippen LogP contribution in [0.2, 0.25) is 0 Å². The number of halogens is 5. The Morgan fingerprint density at radius 2 is 0.729 bits per heavy atom. The van der Waals surface area contributed by atoms with Crippen molar-refractivity contribution in [1.82, 2.24) is 0 Å². The maximum absolute atomic E-state index is 16.7. The van der Waals surface area contributed by atoms with Crippen molar-refractivity contribution >= 4 is 22.1 Å². The fourth-order valence-corrected chi connectivity index (χ4v) is 8.95. The number of para-hydroxylation sites is 1. The number of rotatable bonds is 10. The van der Waals surface area contributed by atoms with Crippen LogP contribution in [0.5, 0.6) is 0 Å². The van der Waals surface area contributed by atoms with Crippen molar-refractivity contribution in [3.8, 4) is 0 Å². The number of benzene rings is 8. The first-order valence-corrected chi connectivity index (χ1v) is 19.6. The summed E-state index contributed by atoms with van der Waals surface area (Å²) in [5.41, 5.74) is 9.49. The van der Waals surface area contributed by atoms with E-state index in [0.29, 0.717) is 39.1 Å². The molecule has 0 bridgehead atoms. The Hall–Kier alpha value is -6.73. The molecular weight excluding hydrogens is 748 g/mol. The van der Waals surface area contributed by atoms with E-state index in [2.05, 4.69) is 66.9 Å². The smallest absolute Gasteiger partial charge is 0.123 e. The summed E-state index contributed by atoms with van der Waals surface area (Å²) < 4.78 is 75.0. The van der Waals surface area contributed by atoms with Crippen molar-refractivity contribution in [3.63, 3.8) is 0 Å². The average Bonchev–Trinajstić information content (AvgIpc) is 3.53. The average molecular weight is 787 g/mol. The highest BCUT2D eigenvalue weighted by Crippen LogP contribution is 2.51. The second-order valence-electron chi connectivity index (χ2n) is 15.3. The minimum atomic E-state index is -0.708. The second kappa shape index (κ2) is 15.6. The first-order valence-electron chi connectivity index (χ1n) is 19.6. The number of hydrogen-bond donors (Lipinski definition) is 2. The lowest BCUT2D eigenvalue weighted by Gasteiger charge is -2.33. The Bertz CT molecular complexity index is 2570. The Morgan fingerprint density at radius 1 is 0.390 bits per heavy atom. The van der Waals surface area contributed by atoms with E-state index in [1.54, 1.807) is 48.5 Å². The van der Waals surface area contributed by atoms with Crippen molar-refractivity contribution in [2.24, 2.45) is 0 Å². The number of nitrogens with one attached hydrogen (secondary N) is 2. The van der Waals surface area contributed by atoms with Gasteiger partial charge in [-0.2, -0.15) is 0 Å².